The van der Waals surface area contributed by atoms with Gasteiger partial charge in [0.15, 0.2) is 0 Å². The van der Waals surface area contributed by atoms with Crippen molar-refractivity contribution in [2.45, 2.75) is 6.92 Å². The van der Waals surface area contributed by atoms with Crippen molar-refractivity contribution in [3.05, 3.63) is 29.8 Å². The Morgan fingerprint density at radius 1 is 1.22 bits per heavy atom. The third-order valence-corrected chi connectivity index (χ3v) is 2.03. The molecule has 0 aromatic heterocycles. The molecular weight excluding hydrogens is 236 g/mol. The first kappa shape index (κ1) is 14.0. The molecule has 0 aliphatic heterocycles. The zero-order chi connectivity index (χ0) is 13.4. The summed E-state index contributed by atoms with van der Waals surface area (Å²) in [4.78, 5) is 22.7. The molecule has 0 saturated heterocycles. The van der Waals surface area contributed by atoms with Gasteiger partial charge in [-0.1, -0.05) is 0 Å². The second kappa shape index (κ2) is 7.29. The molecule has 0 fully saturated rings. The van der Waals surface area contributed by atoms with Crippen LogP contribution in [0.3, 0.4) is 0 Å². The maximum absolute atomic E-state index is 11.4. The fourth-order valence-corrected chi connectivity index (χ4v) is 1.22. The molecule has 0 bridgehead atoms. The number of methoxy groups -OCH3 is 1. The summed E-state index contributed by atoms with van der Waals surface area (Å²) in [6.07, 6.45) is 0. The number of esters is 1. The number of ether oxygens (including phenoxy) is 2. The zero-order valence-corrected chi connectivity index (χ0v) is 10.4. The Bertz CT molecular complexity index is 403. The highest BCUT2D eigenvalue weighted by Crippen LogP contribution is 2.10. The Balaban J connectivity index is 2.55. The first-order valence-electron chi connectivity index (χ1n) is 5.48. The first-order chi connectivity index (χ1) is 8.67. The molecule has 0 aliphatic rings. The third-order valence-electron chi connectivity index (χ3n) is 2.03. The van der Waals surface area contributed by atoms with Crippen LogP contribution in [0.2, 0.25) is 0 Å². The predicted octanol–water partition coefficient (Wildman–Crippen LogP) is 1.59. The van der Waals surface area contributed by atoms with Crippen LogP contribution in [0, 0.1) is 0 Å². The van der Waals surface area contributed by atoms with Gasteiger partial charge >= 0.3 is 12.0 Å². The Kier molecular flexibility index (Phi) is 5.66. The van der Waals surface area contributed by atoms with Crippen molar-refractivity contribution in [3.8, 4) is 0 Å². The van der Waals surface area contributed by atoms with E-state index in [2.05, 4.69) is 10.6 Å². The fraction of sp³-hybridized carbons (Fsp3) is 0.333. The van der Waals surface area contributed by atoms with Gasteiger partial charge in [-0.25, -0.2) is 9.59 Å². The minimum Gasteiger partial charge on any atom is -0.462 e. The summed E-state index contributed by atoms with van der Waals surface area (Å²) >= 11 is 0. The van der Waals surface area contributed by atoms with Gasteiger partial charge in [0.25, 0.3) is 0 Å². The number of anilines is 1. The molecule has 98 valence electrons. The lowest BCUT2D eigenvalue weighted by atomic mass is 10.2. The van der Waals surface area contributed by atoms with E-state index in [9.17, 15) is 9.59 Å². The molecule has 0 unspecified atom stereocenters. The molecule has 0 radical (unpaired) electrons. The summed E-state index contributed by atoms with van der Waals surface area (Å²) in [5, 5.41) is 5.07. The second-order valence-electron chi connectivity index (χ2n) is 3.36. The smallest absolute Gasteiger partial charge is 0.338 e. The van der Waals surface area contributed by atoms with E-state index < -0.39 is 0 Å². The van der Waals surface area contributed by atoms with E-state index in [0.29, 0.717) is 17.9 Å². The highest BCUT2D eigenvalue weighted by atomic mass is 16.5. The molecule has 0 saturated carbocycles. The third kappa shape index (κ3) is 4.42. The lowest BCUT2D eigenvalue weighted by molar-refractivity contribution is 0.0526. The molecule has 6 heteroatoms. The number of rotatable bonds is 5. The average molecular weight is 252 g/mol. The lowest BCUT2D eigenvalue weighted by Crippen LogP contribution is -2.30. The minimum atomic E-state index is -0.382. The van der Waals surface area contributed by atoms with Crippen molar-refractivity contribution in [3.63, 3.8) is 0 Å². The van der Waals surface area contributed by atoms with Crippen LogP contribution in [-0.4, -0.2) is 32.4 Å². The van der Waals surface area contributed by atoms with E-state index in [1.165, 1.54) is 7.11 Å². The van der Waals surface area contributed by atoms with Crippen molar-refractivity contribution in [2.24, 2.45) is 0 Å². The summed E-state index contributed by atoms with van der Waals surface area (Å²) in [5.41, 5.74) is 1.02. The zero-order valence-electron chi connectivity index (χ0n) is 10.4. The quantitative estimate of drug-likeness (QED) is 0.616. The normalized spacial score (nSPS) is 9.67. The molecule has 0 aliphatic carbocycles. The van der Waals surface area contributed by atoms with E-state index in [0.717, 1.165) is 0 Å². The number of hydrogen-bond donors (Lipinski definition) is 2. The highest BCUT2D eigenvalue weighted by molar-refractivity contribution is 5.92. The highest BCUT2D eigenvalue weighted by Gasteiger charge is 2.06. The van der Waals surface area contributed by atoms with Crippen LogP contribution in [0.5, 0.6) is 0 Å². The van der Waals surface area contributed by atoms with Crippen LogP contribution >= 0.6 is 0 Å². The molecule has 1 aromatic carbocycles. The lowest BCUT2D eigenvalue weighted by Gasteiger charge is -2.07. The van der Waals surface area contributed by atoms with E-state index in [1.807, 2.05) is 0 Å². The molecule has 0 heterocycles. The van der Waals surface area contributed by atoms with E-state index in [1.54, 1.807) is 31.2 Å². The number of carbonyl (C=O) groups excluding carboxylic acids is 2. The maximum atomic E-state index is 11.4. The molecular formula is C12H16N2O4. The second-order valence-corrected chi connectivity index (χ2v) is 3.36. The number of carbonyl (C=O) groups is 2. The molecule has 1 aromatic rings. The van der Waals surface area contributed by atoms with Crippen LogP contribution < -0.4 is 10.6 Å². The van der Waals surface area contributed by atoms with Gasteiger partial charge in [-0.05, 0) is 31.2 Å². The molecule has 18 heavy (non-hydrogen) atoms. The number of nitrogens with one attached hydrogen (secondary N) is 2. The van der Waals surface area contributed by atoms with Gasteiger partial charge in [-0.3, -0.25) is 0 Å². The molecule has 0 spiro atoms. The van der Waals surface area contributed by atoms with Crippen molar-refractivity contribution >= 4 is 17.7 Å². The van der Waals surface area contributed by atoms with Crippen molar-refractivity contribution in [1.29, 1.82) is 0 Å². The van der Waals surface area contributed by atoms with E-state index in [-0.39, 0.29) is 18.7 Å². The largest absolute Gasteiger partial charge is 0.462 e. The topological polar surface area (TPSA) is 76.7 Å². The maximum Gasteiger partial charge on any atom is 0.338 e. The van der Waals surface area contributed by atoms with Crippen LogP contribution in [0.25, 0.3) is 0 Å². The summed E-state index contributed by atoms with van der Waals surface area (Å²) in [6.45, 7) is 2.21. The molecule has 2 amide bonds. The monoisotopic (exact) mass is 252 g/mol. The van der Waals surface area contributed by atoms with Gasteiger partial charge in [-0.15, -0.1) is 0 Å². The van der Waals surface area contributed by atoms with Gasteiger partial charge in [0, 0.05) is 12.8 Å². The van der Waals surface area contributed by atoms with Gasteiger partial charge in [-0.2, -0.15) is 0 Å². The van der Waals surface area contributed by atoms with Gasteiger partial charge < -0.3 is 20.1 Å². The summed E-state index contributed by atoms with van der Waals surface area (Å²) < 4.78 is 9.54. The number of urea groups is 1. The number of amides is 2. The van der Waals surface area contributed by atoms with Crippen molar-refractivity contribution in [1.82, 2.24) is 5.32 Å². The first-order valence-corrected chi connectivity index (χ1v) is 5.48. The van der Waals surface area contributed by atoms with E-state index in [4.69, 9.17) is 9.47 Å². The summed E-state index contributed by atoms with van der Waals surface area (Å²) in [5.74, 6) is -0.382. The average Bonchev–Trinajstić information content (AvgIpc) is 2.37. The Morgan fingerprint density at radius 3 is 2.44 bits per heavy atom. The van der Waals surface area contributed by atoms with Crippen LogP contribution in [0.1, 0.15) is 17.3 Å². The number of hydrogen-bond acceptors (Lipinski definition) is 4. The number of benzene rings is 1. The molecule has 2 N–H and O–H groups in total. The Hall–Kier alpha value is -2.08. The molecule has 6 nitrogen and oxygen atoms in total. The minimum absolute atomic E-state index is 0.132. The van der Waals surface area contributed by atoms with Crippen LogP contribution in [0.15, 0.2) is 24.3 Å². The standard InChI is InChI=1S/C12H16N2O4/c1-3-18-11(15)9-4-6-10(7-5-9)14-12(16)13-8-17-2/h4-7H,3,8H2,1-2H3,(H2,13,14,16). The Labute approximate surface area is 105 Å². The Morgan fingerprint density at radius 2 is 1.89 bits per heavy atom. The van der Waals surface area contributed by atoms with Gasteiger partial charge in [0.2, 0.25) is 0 Å². The van der Waals surface area contributed by atoms with Crippen molar-refractivity contribution in [2.75, 3.05) is 25.8 Å². The molecule has 0 atom stereocenters. The van der Waals surface area contributed by atoms with Gasteiger partial charge in [0.1, 0.15) is 6.73 Å². The fourth-order valence-electron chi connectivity index (χ4n) is 1.22. The van der Waals surface area contributed by atoms with Crippen molar-refractivity contribution < 1.29 is 19.1 Å². The van der Waals surface area contributed by atoms with Gasteiger partial charge in [0.05, 0.1) is 12.2 Å². The summed E-state index contributed by atoms with van der Waals surface area (Å²) in [6, 6.07) is 6.05. The SMILES string of the molecule is CCOC(=O)c1ccc(NC(=O)NCOC)cc1. The van der Waals surface area contributed by atoms with Crippen LogP contribution in [-0.2, 0) is 9.47 Å². The van der Waals surface area contributed by atoms with E-state index >= 15 is 0 Å². The summed E-state index contributed by atoms with van der Waals surface area (Å²) in [7, 11) is 1.48. The predicted molar refractivity (Wildman–Crippen MR) is 66.4 cm³/mol. The van der Waals surface area contributed by atoms with Crippen LogP contribution in [0.4, 0.5) is 10.5 Å². The molecule has 1 rings (SSSR count).